The maximum Gasteiger partial charge on any atom is 0.00389 e. The molecule has 1 fully saturated rings. The fourth-order valence-corrected chi connectivity index (χ4v) is 1.82. The summed E-state index contributed by atoms with van der Waals surface area (Å²) in [6, 6.07) is 0.672. The molecule has 3 N–H and O–H groups in total. The van der Waals surface area contributed by atoms with E-state index in [0.717, 1.165) is 13.1 Å². The Hall–Kier alpha value is -0.0800. The van der Waals surface area contributed by atoms with Crippen LogP contribution in [0.25, 0.3) is 0 Å². The van der Waals surface area contributed by atoms with E-state index in [4.69, 9.17) is 5.73 Å². The molecule has 0 heterocycles. The van der Waals surface area contributed by atoms with Gasteiger partial charge in [0.2, 0.25) is 0 Å². The Labute approximate surface area is 88.6 Å². The van der Waals surface area contributed by atoms with Gasteiger partial charge in [0, 0.05) is 12.6 Å². The van der Waals surface area contributed by atoms with Crippen molar-refractivity contribution in [2.75, 3.05) is 13.1 Å². The quantitative estimate of drug-likeness (QED) is 0.587. The zero-order valence-corrected chi connectivity index (χ0v) is 9.81. The van der Waals surface area contributed by atoms with Crippen LogP contribution in [0.4, 0.5) is 0 Å². The van der Waals surface area contributed by atoms with E-state index >= 15 is 0 Å². The minimum Gasteiger partial charge on any atom is -0.330 e. The van der Waals surface area contributed by atoms with Gasteiger partial charge in [-0.25, -0.2) is 0 Å². The first-order chi connectivity index (χ1) is 6.72. The highest BCUT2D eigenvalue weighted by atomic mass is 14.9. The highest BCUT2D eigenvalue weighted by molar-refractivity contribution is 4.95. The first kappa shape index (κ1) is 12.0. The van der Waals surface area contributed by atoms with Crippen LogP contribution in [0.2, 0.25) is 0 Å². The second-order valence-electron chi connectivity index (χ2n) is 4.98. The van der Waals surface area contributed by atoms with Crippen LogP contribution in [-0.2, 0) is 0 Å². The monoisotopic (exact) mass is 198 g/mol. The van der Waals surface area contributed by atoms with E-state index in [9.17, 15) is 0 Å². The van der Waals surface area contributed by atoms with E-state index in [0.29, 0.717) is 11.5 Å². The largest absolute Gasteiger partial charge is 0.330 e. The van der Waals surface area contributed by atoms with Crippen LogP contribution in [0.3, 0.4) is 0 Å². The molecule has 14 heavy (non-hydrogen) atoms. The molecule has 0 radical (unpaired) electrons. The van der Waals surface area contributed by atoms with E-state index in [1.165, 1.54) is 38.5 Å². The average Bonchev–Trinajstić information content (AvgIpc) is 2.96. The summed E-state index contributed by atoms with van der Waals surface area (Å²) in [6.45, 7) is 6.55. The zero-order chi connectivity index (χ0) is 10.4. The van der Waals surface area contributed by atoms with Gasteiger partial charge < -0.3 is 11.1 Å². The van der Waals surface area contributed by atoms with Gasteiger partial charge in [-0.1, -0.05) is 26.2 Å². The number of nitrogens with two attached hydrogens (primary N) is 1. The summed E-state index contributed by atoms with van der Waals surface area (Å²) in [5, 5.41) is 3.62. The third-order valence-corrected chi connectivity index (χ3v) is 3.46. The van der Waals surface area contributed by atoms with Crippen molar-refractivity contribution >= 4 is 0 Å². The van der Waals surface area contributed by atoms with Crippen LogP contribution in [0.5, 0.6) is 0 Å². The second-order valence-corrected chi connectivity index (χ2v) is 4.98. The minimum atomic E-state index is 0.485. The lowest BCUT2D eigenvalue weighted by Gasteiger charge is -2.18. The van der Waals surface area contributed by atoms with Crippen molar-refractivity contribution in [2.45, 2.75) is 58.4 Å². The molecular weight excluding hydrogens is 172 g/mol. The molecule has 1 aliphatic rings. The molecule has 1 rings (SSSR count). The van der Waals surface area contributed by atoms with Crippen LogP contribution >= 0.6 is 0 Å². The Bertz CT molecular complexity index is 152. The summed E-state index contributed by atoms with van der Waals surface area (Å²) >= 11 is 0. The van der Waals surface area contributed by atoms with Crippen LogP contribution in [0.1, 0.15) is 52.4 Å². The minimum absolute atomic E-state index is 0.485. The molecule has 84 valence electrons. The Balaban J connectivity index is 2.00. The first-order valence-corrected chi connectivity index (χ1v) is 6.16. The normalized spacial score (nSPS) is 20.8. The van der Waals surface area contributed by atoms with Gasteiger partial charge in [0.1, 0.15) is 0 Å². The molecule has 1 saturated carbocycles. The van der Waals surface area contributed by atoms with E-state index in [1.54, 1.807) is 0 Å². The van der Waals surface area contributed by atoms with Gasteiger partial charge in [-0.3, -0.25) is 0 Å². The highest BCUT2D eigenvalue weighted by Crippen LogP contribution is 2.43. The van der Waals surface area contributed by atoms with Crippen molar-refractivity contribution < 1.29 is 0 Å². The van der Waals surface area contributed by atoms with E-state index < -0.39 is 0 Å². The van der Waals surface area contributed by atoms with Gasteiger partial charge >= 0.3 is 0 Å². The smallest absolute Gasteiger partial charge is 0.00389 e. The van der Waals surface area contributed by atoms with Gasteiger partial charge in [-0.2, -0.15) is 0 Å². The summed E-state index contributed by atoms with van der Waals surface area (Å²) in [7, 11) is 0. The summed E-state index contributed by atoms with van der Waals surface area (Å²) in [6.07, 6.45) is 8.03. The summed E-state index contributed by atoms with van der Waals surface area (Å²) in [5.41, 5.74) is 6.22. The van der Waals surface area contributed by atoms with Gasteiger partial charge in [-0.05, 0) is 38.1 Å². The molecule has 2 heteroatoms. The fourth-order valence-electron chi connectivity index (χ4n) is 1.82. The lowest BCUT2D eigenvalue weighted by atomic mass is 10.1. The molecule has 0 aliphatic heterocycles. The van der Waals surface area contributed by atoms with Gasteiger partial charge in [0.15, 0.2) is 0 Å². The number of hydrogen-bond donors (Lipinski definition) is 2. The lowest BCUT2D eigenvalue weighted by Crippen LogP contribution is -2.35. The Morgan fingerprint density at radius 3 is 2.57 bits per heavy atom. The Morgan fingerprint density at radius 2 is 2.07 bits per heavy atom. The zero-order valence-electron chi connectivity index (χ0n) is 9.81. The Morgan fingerprint density at radius 1 is 1.36 bits per heavy atom. The molecule has 1 aliphatic carbocycles. The van der Waals surface area contributed by atoms with Gasteiger partial charge in [-0.15, -0.1) is 0 Å². The average molecular weight is 198 g/mol. The predicted molar refractivity (Wildman–Crippen MR) is 62.3 cm³/mol. The van der Waals surface area contributed by atoms with Crippen molar-refractivity contribution in [1.29, 1.82) is 0 Å². The fraction of sp³-hybridized carbons (Fsp3) is 1.00. The van der Waals surface area contributed by atoms with Gasteiger partial charge in [0.05, 0.1) is 0 Å². The number of hydrogen-bond acceptors (Lipinski definition) is 2. The SMILES string of the molecule is CCCCCC(C)NCC1(CN)CC1. The maximum absolute atomic E-state index is 5.74. The van der Waals surface area contributed by atoms with Crippen LogP contribution in [-0.4, -0.2) is 19.1 Å². The molecule has 0 spiro atoms. The number of rotatable bonds is 8. The van der Waals surface area contributed by atoms with Crippen LogP contribution in [0.15, 0.2) is 0 Å². The van der Waals surface area contributed by atoms with E-state index in [1.807, 2.05) is 0 Å². The van der Waals surface area contributed by atoms with E-state index in [2.05, 4.69) is 19.2 Å². The maximum atomic E-state index is 5.74. The second kappa shape index (κ2) is 5.72. The van der Waals surface area contributed by atoms with Crippen LogP contribution < -0.4 is 11.1 Å². The van der Waals surface area contributed by atoms with Crippen molar-refractivity contribution in [3.8, 4) is 0 Å². The van der Waals surface area contributed by atoms with Crippen molar-refractivity contribution in [3.05, 3.63) is 0 Å². The number of unbranched alkanes of at least 4 members (excludes halogenated alkanes) is 2. The topological polar surface area (TPSA) is 38.0 Å². The molecule has 1 atom stereocenters. The predicted octanol–water partition coefficient (Wildman–Crippen LogP) is 2.28. The molecule has 0 amide bonds. The lowest BCUT2D eigenvalue weighted by molar-refractivity contribution is 0.408. The molecule has 0 aromatic rings. The third kappa shape index (κ3) is 3.97. The van der Waals surface area contributed by atoms with Crippen LogP contribution in [0, 0.1) is 5.41 Å². The van der Waals surface area contributed by atoms with Crippen molar-refractivity contribution in [3.63, 3.8) is 0 Å². The molecule has 2 nitrogen and oxygen atoms in total. The number of nitrogens with one attached hydrogen (secondary N) is 1. The van der Waals surface area contributed by atoms with E-state index in [-0.39, 0.29) is 0 Å². The van der Waals surface area contributed by atoms with Crippen molar-refractivity contribution in [2.24, 2.45) is 11.1 Å². The molecule has 0 aromatic carbocycles. The van der Waals surface area contributed by atoms with Crippen molar-refractivity contribution in [1.82, 2.24) is 5.32 Å². The summed E-state index contributed by atoms with van der Waals surface area (Å²) < 4.78 is 0. The van der Waals surface area contributed by atoms with Gasteiger partial charge in [0.25, 0.3) is 0 Å². The molecule has 0 bridgehead atoms. The molecule has 1 unspecified atom stereocenters. The summed E-state index contributed by atoms with van der Waals surface area (Å²) in [4.78, 5) is 0. The summed E-state index contributed by atoms with van der Waals surface area (Å²) in [5.74, 6) is 0. The first-order valence-electron chi connectivity index (χ1n) is 6.16. The molecule has 0 saturated heterocycles. The molecule has 0 aromatic heterocycles. The highest BCUT2D eigenvalue weighted by Gasteiger charge is 2.40. The Kier molecular flexibility index (Phi) is 4.90. The third-order valence-electron chi connectivity index (χ3n) is 3.46. The molecular formula is C12H26N2. The standard InChI is InChI=1S/C12H26N2/c1-3-4-5-6-11(2)14-10-12(9-13)7-8-12/h11,14H,3-10,13H2,1-2H3.